The summed E-state index contributed by atoms with van der Waals surface area (Å²) in [6, 6.07) is 7.90. The lowest BCUT2D eigenvalue weighted by atomic mass is 10.1. The van der Waals surface area contributed by atoms with Crippen molar-refractivity contribution in [2.75, 3.05) is 26.2 Å². The number of nitrogens with one attached hydrogen (secondary N) is 2. The molecule has 2 atom stereocenters. The Bertz CT molecular complexity index is 461. The van der Waals surface area contributed by atoms with Crippen LogP contribution in [-0.2, 0) is 11.2 Å². The van der Waals surface area contributed by atoms with Crippen molar-refractivity contribution in [1.29, 1.82) is 0 Å². The largest absolute Gasteiger partial charge is 0.494 e. The van der Waals surface area contributed by atoms with Crippen LogP contribution >= 0.6 is 0 Å². The quantitative estimate of drug-likeness (QED) is 0.673. The Balaban J connectivity index is 1.67. The number of hydrogen-bond acceptors (Lipinski definition) is 4. The summed E-state index contributed by atoms with van der Waals surface area (Å²) >= 11 is 0. The second-order valence-corrected chi connectivity index (χ2v) is 5.78. The number of carbonyl (C=O) groups excluding carboxylic acids is 1. The van der Waals surface area contributed by atoms with Crippen LogP contribution in [0, 0.1) is 5.92 Å². The number of aliphatic hydroxyl groups excluding tert-OH is 1. The van der Waals surface area contributed by atoms with E-state index in [0.717, 1.165) is 30.9 Å². The highest BCUT2D eigenvalue weighted by atomic mass is 16.5. The molecule has 122 valence electrons. The zero-order chi connectivity index (χ0) is 15.8. The number of aryl methyl sites for hydroxylation is 1. The van der Waals surface area contributed by atoms with E-state index >= 15 is 0 Å². The Hall–Kier alpha value is -1.59. The lowest BCUT2D eigenvalue weighted by molar-refractivity contribution is -0.121. The van der Waals surface area contributed by atoms with Crippen molar-refractivity contribution in [3.8, 4) is 5.75 Å². The van der Waals surface area contributed by atoms with Gasteiger partial charge in [-0.3, -0.25) is 4.79 Å². The van der Waals surface area contributed by atoms with Gasteiger partial charge in [0, 0.05) is 32.0 Å². The summed E-state index contributed by atoms with van der Waals surface area (Å²) < 4.78 is 5.53. The number of aliphatic hydroxyl groups is 1. The van der Waals surface area contributed by atoms with E-state index in [1.54, 1.807) is 0 Å². The van der Waals surface area contributed by atoms with Gasteiger partial charge in [-0.2, -0.15) is 0 Å². The first-order valence-corrected chi connectivity index (χ1v) is 8.06. The van der Waals surface area contributed by atoms with Gasteiger partial charge in [0.15, 0.2) is 0 Å². The molecule has 1 saturated heterocycles. The van der Waals surface area contributed by atoms with Gasteiger partial charge >= 0.3 is 0 Å². The summed E-state index contributed by atoms with van der Waals surface area (Å²) in [6.07, 6.45) is 1.82. The monoisotopic (exact) mass is 306 g/mol. The van der Waals surface area contributed by atoms with Crippen LogP contribution in [0.3, 0.4) is 0 Å². The number of hydrogen-bond donors (Lipinski definition) is 3. The second-order valence-electron chi connectivity index (χ2n) is 5.78. The molecule has 0 radical (unpaired) electrons. The molecule has 1 fully saturated rings. The number of ether oxygens (including phenoxy) is 1. The van der Waals surface area contributed by atoms with Crippen molar-refractivity contribution in [3.63, 3.8) is 0 Å². The highest BCUT2D eigenvalue weighted by Crippen LogP contribution is 2.13. The van der Waals surface area contributed by atoms with Crippen molar-refractivity contribution in [2.45, 2.75) is 32.3 Å². The Labute approximate surface area is 132 Å². The smallest absolute Gasteiger partial charge is 0.220 e. The molecule has 3 N–H and O–H groups in total. The van der Waals surface area contributed by atoms with Crippen LogP contribution in [0.5, 0.6) is 5.75 Å². The van der Waals surface area contributed by atoms with Crippen molar-refractivity contribution >= 4 is 5.91 Å². The van der Waals surface area contributed by atoms with Gasteiger partial charge in [0.1, 0.15) is 5.75 Å². The van der Waals surface area contributed by atoms with Gasteiger partial charge < -0.3 is 20.5 Å². The maximum atomic E-state index is 11.9. The molecular weight excluding hydrogens is 280 g/mol. The summed E-state index contributed by atoms with van der Waals surface area (Å²) in [5.74, 6) is 1.03. The van der Waals surface area contributed by atoms with E-state index in [9.17, 15) is 9.90 Å². The molecule has 5 heteroatoms. The molecular formula is C17H26N2O3. The minimum Gasteiger partial charge on any atom is -0.494 e. The van der Waals surface area contributed by atoms with Crippen molar-refractivity contribution in [3.05, 3.63) is 29.8 Å². The fourth-order valence-corrected chi connectivity index (χ4v) is 2.49. The Morgan fingerprint density at radius 1 is 1.36 bits per heavy atom. The van der Waals surface area contributed by atoms with E-state index in [0.29, 0.717) is 25.9 Å². The third-order valence-electron chi connectivity index (χ3n) is 3.90. The molecule has 1 aliphatic heterocycles. The molecule has 0 saturated carbocycles. The summed E-state index contributed by atoms with van der Waals surface area (Å²) in [6.45, 7) is 4.72. The molecule has 1 aromatic carbocycles. The fourth-order valence-electron chi connectivity index (χ4n) is 2.49. The minimum atomic E-state index is -0.351. The zero-order valence-electron chi connectivity index (χ0n) is 13.2. The van der Waals surface area contributed by atoms with Crippen LogP contribution in [-0.4, -0.2) is 43.4 Å². The van der Waals surface area contributed by atoms with Gasteiger partial charge in [-0.05, 0) is 30.5 Å². The molecule has 0 aliphatic carbocycles. The van der Waals surface area contributed by atoms with E-state index < -0.39 is 0 Å². The number of carbonyl (C=O) groups is 1. The van der Waals surface area contributed by atoms with Crippen LogP contribution in [0.1, 0.15) is 25.3 Å². The number of β-amino-alcohol motifs (C(OH)–C–C–N with tert-alkyl or cyclic N) is 1. The zero-order valence-corrected chi connectivity index (χ0v) is 13.2. The topological polar surface area (TPSA) is 70.6 Å². The second kappa shape index (κ2) is 8.76. The third-order valence-corrected chi connectivity index (χ3v) is 3.90. The average Bonchev–Trinajstić information content (AvgIpc) is 2.95. The molecule has 1 aromatic rings. The van der Waals surface area contributed by atoms with E-state index in [-0.39, 0.29) is 17.9 Å². The summed E-state index contributed by atoms with van der Waals surface area (Å²) in [5, 5.41) is 15.7. The standard InChI is InChI=1S/C17H26N2O3/c1-2-9-22-15-6-3-13(4-7-15)5-8-17(21)19-11-14-10-18-12-16(14)20/h3-4,6-7,14,16,18,20H,2,5,8-12H2,1H3,(H,19,21). The lowest BCUT2D eigenvalue weighted by Crippen LogP contribution is -2.34. The molecule has 0 spiro atoms. The average molecular weight is 306 g/mol. The molecule has 0 aromatic heterocycles. The predicted molar refractivity (Wildman–Crippen MR) is 85.9 cm³/mol. The SMILES string of the molecule is CCCOc1ccc(CCC(=O)NCC2CNCC2O)cc1. The molecule has 1 amide bonds. The highest BCUT2D eigenvalue weighted by molar-refractivity contribution is 5.76. The van der Waals surface area contributed by atoms with Gasteiger partial charge in [0.2, 0.25) is 5.91 Å². The van der Waals surface area contributed by atoms with Crippen LogP contribution in [0.4, 0.5) is 0 Å². The molecule has 2 unspecified atom stereocenters. The van der Waals surface area contributed by atoms with Crippen LogP contribution in [0.25, 0.3) is 0 Å². The maximum absolute atomic E-state index is 11.9. The Morgan fingerprint density at radius 3 is 2.77 bits per heavy atom. The van der Waals surface area contributed by atoms with Crippen molar-refractivity contribution in [1.82, 2.24) is 10.6 Å². The van der Waals surface area contributed by atoms with E-state index in [2.05, 4.69) is 17.6 Å². The Kier molecular flexibility index (Phi) is 6.68. The fraction of sp³-hybridized carbons (Fsp3) is 0.588. The highest BCUT2D eigenvalue weighted by Gasteiger charge is 2.24. The minimum absolute atomic E-state index is 0.0328. The summed E-state index contributed by atoms with van der Waals surface area (Å²) in [7, 11) is 0. The first kappa shape index (κ1) is 16.8. The Morgan fingerprint density at radius 2 is 2.14 bits per heavy atom. The molecule has 1 heterocycles. The van der Waals surface area contributed by atoms with E-state index in [4.69, 9.17) is 4.74 Å². The predicted octanol–water partition coefficient (Wildman–Crippen LogP) is 1.10. The lowest BCUT2D eigenvalue weighted by Gasteiger charge is -2.14. The molecule has 1 aliphatic rings. The maximum Gasteiger partial charge on any atom is 0.220 e. The van der Waals surface area contributed by atoms with E-state index in [1.165, 1.54) is 0 Å². The van der Waals surface area contributed by atoms with E-state index in [1.807, 2.05) is 24.3 Å². The van der Waals surface area contributed by atoms with Gasteiger partial charge in [0.05, 0.1) is 12.7 Å². The van der Waals surface area contributed by atoms with Gasteiger partial charge in [-0.15, -0.1) is 0 Å². The van der Waals surface area contributed by atoms with Crippen LogP contribution in [0.15, 0.2) is 24.3 Å². The van der Waals surface area contributed by atoms with Crippen molar-refractivity contribution in [2.24, 2.45) is 5.92 Å². The number of benzene rings is 1. The first-order chi connectivity index (χ1) is 10.7. The van der Waals surface area contributed by atoms with Gasteiger partial charge in [-0.1, -0.05) is 19.1 Å². The first-order valence-electron chi connectivity index (χ1n) is 8.06. The summed E-state index contributed by atoms with van der Waals surface area (Å²) in [5.41, 5.74) is 1.13. The van der Waals surface area contributed by atoms with Gasteiger partial charge in [-0.25, -0.2) is 0 Å². The molecule has 22 heavy (non-hydrogen) atoms. The number of rotatable bonds is 8. The van der Waals surface area contributed by atoms with Crippen molar-refractivity contribution < 1.29 is 14.6 Å². The molecule has 2 rings (SSSR count). The molecule has 0 bridgehead atoms. The van der Waals surface area contributed by atoms with Crippen LogP contribution < -0.4 is 15.4 Å². The molecule has 5 nitrogen and oxygen atoms in total. The number of amides is 1. The van der Waals surface area contributed by atoms with Crippen LogP contribution in [0.2, 0.25) is 0 Å². The van der Waals surface area contributed by atoms with Gasteiger partial charge in [0.25, 0.3) is 0 Å². The normalized spacial score (nSPS) is 20.8. The third kappa shape index (κ3) is 5.31. The summed E-state index contributed by atoms with van der Waals surface area (Å²) in [4.78, 5) is 11.9.